The third-order valence-corrected chi connectivity index (χ3v) is 3.50. The van der Waals surface area contributed by atoms with Crippen LogP contribution in [0.5, 0.6) is 5.75 Å². The van der Waals surface area contributed by atoms with Gasteiger partial charge in [-0.3, -0.25) is 4.98 Å². The molecule has 0 saturated carbocycles. The van der Waals surface area contributed by atoms with Gasteiger partial charge in [-0.1, -0.05) is 17.7 Å². The van der Waals surface area contributed by atoms with Crippen LogP contribution in [0.1, 0.15) is 4.88 Å². The van der Waals surface area contributed by atoms with Gasteiger partial charge in [-0.05, 0) is 17.9 Å². The van der Waals surface area contributed by atoms with Crippen molar-refractivity contribution in [2.75, 3.05) is 19.7 Å². The molecule has 0 aliphatic rings. The largest absolute Gasteiger partial charge is 0.491 e. The number of rotatable bonds is 7. The van der Waals surface area contributed by atoms with Crippen LogP contribution in [0.15, 0.2) is 36.0 Å². The van der Waals surface area contributed by atoms with E-state index in [-0.39, 0.29) is 0 Å². The Morgan fingerprint density at radius 3 is 3.06 bits per heavy atom. The Morgan fingerprint density at radius 2 is 2.28 bits per heavy atom. The van der Waals surface area contributed by atoms with Crippen molar-refractivity contribution in [1.82, 2.24) is 10.3 Å². The van der Waals surface area contributed by atoms with Gasteiger partial charge in [0.05, 0.1) is 11.2 Å². The van der Waals surface area contributed by atoms with Crippen LogP contribution in [0.3, 0.4) is 0 Å². The average molecular weight is 283 g/mol. The number of halogens is 1. The van der Waals surface area contributed by atoms with E-state index in [9.17, 15) is 0 Å². The van der Waals surface area contributed by atoms with Gasteiger partial charge in [0.2, 0.25) is 0 Å². The first-order chi connectivity index (χ1) is 8.84. The molecule has 1 N–H and O–H groups in total. The van der Waals surface area contributed by atoms with Crippen LogP contribution in [-0.4, -0.2) is 24.7 Å². The van der Waals surface area contributed by atoms with E-state index in [0.29, 0.717) is 17.4 Å². The zero-order chi connectivity index (χ0) is 12.6. The summed E-state index contributed by atoms with van der Waals surface area (Å²) in [6, 6.07) is 6.00. The predicted octanol–water partition coefficient (Wildman–Crippen LogP) is 3.01. The van der Waals surface area contributed by atoms with Gasteiger partial charge in [-0.2, -0.15) is 0 Å². The molecule has 0 radical (unpaired) electrons. The molecule has 0 aliphatic carbocycles. The normalized spacial score (nSPS) is 10.5. The van der Waals surface area contributed by atoms with Crippen LogP contribution < -0.4 is 10.1 Å². The topological polar surface area (TPSA) is 34.1 Å². The van der Waals surface area contributed by atoms with Crippen LogP contribution in [0.2, 0.25) is 5.02 Å². The molecule has 0 spiro atoms. The Morgan fingerprint density at radius 1 is 1.33 bits per heavy atom. The zero-order valence-corrected chi connectivity index (χ0v) is 11.5. The van der Waals surface area contributed by atoms with Crippen molar-refractivity contribution >= 4 is 22.9 Å². The summed E-state index contributed by atoms with van der Waals surface area (Å²) in [5, 5.41) is 6.03. The minimum atomic E-state index is 0.596. The molecule has 18 heavy (non-hydrogen) atoms. The lowest BCUT2D eigenvalue weighted by atomic mass is 10.3. The summed E-state index contributed by atoms with van der Waals surface area (Å²) in [6.07, 6.45) is 4.32. The van der Waals surface area contributed by atoms with Gasteiger partial charge in [0, 0.05) is 30.2 Å². The number of hydrogen-bond acceptors (Lipinski definition) is 4. The molecule has 96 valence electrons. The summed E-state index contributed by atoms with van der Waals surface area (Å²) < 4.78 is 5.52. The molecule has 2 aromatic rings. The van der Waals surface area contributed by atoms with E-state index < -0.39 is 0 Å². The van der Waals surface area contributed by atoms with Crippen LogP contribution >= 0.6 is 22.9 Å². The van der Waals surface area contributed by atoms with Gasteiger partial charge >= 0.3 is 0 Å². The summed E-state index contributed by atoms with van der Waals surface area (Å²) >= 11 is 7.60. The molecule has 2 aromatic heterocycles. The molecule has 0 amide bonds. The lowest BCUT2D eigenvalue weighted by Gasteiger charge is -2.07. The first kappa shape index (κ1) is 13.3. The lowest BCUT2D eigenvalue weighted by Crippen LogP contribution is -2.23. The lowest BCUT2D eigenvalue weighted by molar-refractivity contribution is 0.313. The molecule has 0 saturated heterocycles. The van der Waals surface area contributed by atoms with Gasteiger partial charge in [0.1, 0.15) is 12.4 Å². The minimum absolute atomic E-state index is 0.596. The van der Waals surface area contributed by atoms with Crippen LogP contribution in [0.25, 0.3) is 0 Å². The Bertz CT molecular complexity index is 462. The number of pyridine rings is 1. The van der Waals surface area contributed by atoms with E-state index in [0.717, 1.165) is 19.5 Å². The van der Waals surface area contributed by atoms with Gasteiger partial charge in [-0.15, -0.1) is 11.3 Å². The van der Waals surface area contributed by atoms with E-state index in [2.05, 4.69) is 27.8 Å². The molecule has 3 nitrogen and oxygen atoms in total. The molecular formula is C13H15ClN2OS. The molecule has 0 bridgehead atoms. The van der Waals surface area contributed by atoms with Crippen molar-refractivity contribution < 1.29 is 4.74 Å². The van der Waals surface area contributed by atoms with Crippen LogP contribution in [0, 0.1) is 0 Å². The van der Waals surface area contributed by atoms with Gasteiger partial charge in [0.15, 0.2) is 0 Å². The number of thiophene rings is 1. The number of nitrogens with one attached hydrogen (secondary N) is 1. The van der Waals surface area contributed by atoms with E-state index in [1.165, 1.54) is 4.88 Å². The maximum atomic E-state index is 5.81. The van der Waals surface area contributed by atoms with Crippen molar-refractivity contribution in [3.05, 3.63) is 45.9 Å². The van der Waals surface area contributed by atoms with Gasteiger partial charge in [0.25, 0.3) is 0 Å². The van der Waals surface area contributed by atoms with Crippen molar-refractivity contribution in [3.63, 3.8) is 0 Å². The molecule has 2 rings (SSSR count). The van der Waals surface area contributed by atoms with Crippen molar-refractivity contribution in [1.29, 1.82) is 0 Å². The monoisotopic (exact) mass is 282 g/mol. The number of nitrogens with zero attached hydrogens (tertiary/aromatic N) is 1. The SMILES string of the molecule is Clc1cncc(OCCNCCc2cccs2)c1. The summed E-state index contributed by atoms with van der Waals surface area (Å²) in [7, 11) is 0. The highest BCUT2D eigenvalue weighted by atomic mass is 35.5. The fourth-order valence-corrected chi connectivity index (χ4v) is 2.38. The molecular weight excluding hydrogens is 268 g/mol. The quantitative estimate of drug-likeness (QED) is 0.793. The number of hydrogen-bond donors (Lipinski definition) is 1. The molecule has 2 heterocycles. The number of ether oxygens (including phenoxy) is 1. The second kappa shape index (κ2) is 7.36. The summed E-state index contributed by atoms with van der Waals surface area (Å²) in [6.45, 7) is 2.40. The Labute approximate surface area is 116 Å². The fourth-order valence-electron chi connectivity index (χ4n) is 1.50. The van der Waals surface area contributed by atoms with E-state index in [1.54, 1.807) is 29.8 Å². The zero-order valence-electron chi connectivity index (χ0n) is 9.93. The molecule has 0 unspecified atom stereocenters. The highest BCUT2D eigenvalue weighted by Crippen LogP contribution is 2.14. The smallest absolute Gasteiger partial charge is 0.139 e. The maximum absolute atomic E-state index is 5.81. The first-order valence-corrected chi connectivity index (χ1v) is 7.07. The van der Waals surface area contributed by atoms with Crippen molar-refractivity contribution in [3.8, 4) is 5.75 Å². The molecule has 0 aliphatic heterocycles. The summed E-state index contributed by atoms with van der Waals surface area (Å²) in [4.78, 5) is 5.36. The highest BCUT2D eigenvalue weighted by Gasteiger charge is 1.96. The Balaban J connectivity index is 1.56. The molecule has 0 atom stereocenters. The predicted molar refractivity (Wildman–Crippen MR) is 75.6 cm³/mol. The third-order valence-electron chi connectivity index (χ3n) is 2.36. The molecule has 5 heteroatoms. The average Bonchev–Trinajstić information content (AvgIpc) is 2.87. The third kappa shape index (κ3) is 4.64. The highest BCUT2D eigenvalue weighted by molar-refractivity contribution is 7.09. The second-order valence-electron chi connectivity index (χ2n) is 3.77. The van der Waals surface area contributed by atoms with E-state index in [4.69, 9.17) is 16.3 Å². The van der Waals surface area contributed by atoms with E-state index in [1.807, 2.05) is 0 Å². The van der Waals surface area contributed by atoms with Gasteiger partial charge < -0.3 is 10.1 Å². The van der Waals surface area contributed by atoms with Crippen LogP contribution in [0.4, 0.5) is 0 Å². The first-order valence-electron chi connectivity index (χ1n) is 5.81. The maximum Gasteiger partial charge on any atom is 0.139 e. The van der Waals surface area contributed by atoms with E-state index >= 15 is 0 Å². The Kier molecular flexibility index (Phi) is 5.45. The number of aromatic nitrogens is 1. The summed E-state index contributed by atoms with van der Waals surface area (Å²) in [5.41, 5.74) is 0. The second-order valence-corrected chi connectivity index (χ2v) is 5.24. The Hall–Kier alpha value is -1.10. The molecule has 0 aromatic carbocycles. The minimum Gasteiger partial charge on any atom is -0.491 e. The standard InChI is InChI=1S/C13H15ClN2OS/c14-11-8-12(10-16-9-11)17-6-5-15-4-3-13-2-1-7-18-13/h1-2,7-10,15H,3-6H2. The van der Waals surface area contributed by atoms with Crippen LogP contribution in [-0.2, 0) is 6.42 Å². The van der Waals surface area contributed by atoms with Crippen molar-refractivity contribution in [2.24, 2.45) is 0 Å². The fraction of sp³-hybridized carbons (Fsp3) is 0.308. The summed E-state index contributed by atoms with van der Waals surface area (Å²) in [5.74, 6) is 0.711. The van der Waals surface area contributed by atoms with Gasteiger partial charge in [-0.25, -0.2) is 0 Å². The van der Waals surface area contributed by atoms with Crippen molar-refractivity contribution in [2.45, 2.75) is 6.42 Å². The molecule has 0 fully saturated rings.